The molecule has 0 aliphatic carbocycles. The molecular formula is C9H19N3. The first-order chi connectivity index (χ1) is 5.75. The van der Waals surface area contributed by atoms with Gasteiger partial charge in [-0.05, 0) is 19.5 Å². The summed E-state index contributed by atoms with van der Waals surface area (Å²) < 4.78 is 0. The minimum Gasteiger partial charge on any atom is -0.390 e. The molecule has 0 amide bonds. The summed E-state index contributed by atoms with van der Waals surface area (Å²) in [6, 6.07) is 0.703. The first-order valence-electron chi connectivity index (χ1n) is 4.57. The van der Waals surface area contributed by atoms with Crippen molar-refractivity contribution in [3.63, 3.8) is 0 Å². The van der Waals surface area contributed by atoms with E-state index < -0.39 is 0 Å². The normalized spacial score (nSPS) is 26.0. The van der Waals surface area contributed by atoms with Crippen molar-refractivity contribution in [2.45, 2.75) is 19.4 Å². The molecule has 3 nitrogen and oxygen atoms in total. The van der Waals surface area contributed by atoms with Gasteiger partial charge in [-0.3, -0.25) is 0 Å². The van der Waals surface area contributed by atoms with Gasteiger partial charge in [0.1, 0.15) is 0 Å². The first-order valence-corrected chi connectivity index (χ1v) is 4.57. The summed E-state index contributed by atoms with van der Waals surface area (Å²) in [5, 5.41) is 7.81. The highest BCUT2D eigenvalue weighted by Gasteiger charge is 2.23. The van der Waals surface area contributed by atoms with E-state index in [4.69, 9.17) is 0 Å². The number of hydrazine groups is 1. The maximum absolute atomic E-state index is 3.62. The van der Waals surface area contributed by atoms with Crippen LogP contribution in [0.2, 0.25) is 0 Å². The van der Waals surface area contributed by atoms with Crippen LogP contribution < -0.4 is 5.32 Å². The van der Waals surface area contributed by atoms with E-state index in [2.05, 4.69) is 35.9 Å². The fourth-order valence-electron chi connectivity index (χ4n) is 1.52. The smallest absolute Gasteiger partial charge is 0.0306 e. The largest absolute Gasteiger partial charge is 0.390 e. The first kappa shape index (κ1) is 9.55. The Bertz CT molecular complexity index is 147. The zero-order valence-corrected chi connectivity index (χ0v) is 8.08. The molecule has 1 rings (SSSR count). The predicted molar refractivity (Wildman–Crippen MR) is 51.6 cm³/mol. The molecule has 0 aromatic heterocycles. The highest BCUT2D eigenvalue weighted by atomic mass is 15.6. The van der Waals surface area contributed by atoms with Gasteiger partial charge in [0.15, 0.2) is 0 Å². The van der Waals surface area contributed by atoms with Crippen LogP contribution in [0, 0.1) is 0 Å². The van der Waals surface area contributed by atoms with Crippen LogP contribution in [0.25, 0.3) is 0 Å². The molecule has 1 aliphatic heterocycles. The van der Waals surface area contributed by atoms with Gasteiger partial charge in [0, 0.05) is 32.7 Å². The summed E-state index contributed by atoms with van der Waals surface area (Å²) >= 11 is 0. The summed E-state index contributed by atoms with van der Waals surface area (Å²) in [5.41, 5.74) is 0. The lowest BCUT2D eigenvalue weighted by Gasteiger charge is -2.26. The lowest BCUT2D eigenvalue weighted by molar-refractivity contribution is 0.0323. The summed E-state index contributed by atoms with van der Waals surface area (Å²) in [7, 11) is 2.16. The fourth-order valence-corrected chi connectivity index (χ4v) is 1.52. The zero-order valence-electron chi connectivity index (χ0n) is 8.08. The number of hydrogen-bond donors (Lipinski definition) is 1. The van der Waals surface area contributed by atoms with Crippen LogP contribution in [0.3, 0.4) is 0 Å². The van der Waals surface area contributed by atoms with Crippen molar-refractivity contribution in [3.05, 3.63) is 12.8 Å². The number of nitrogens with zero attached hydrogens (tertiary/aromatic N) is 2. The third-order valence-electron chi connectivity index (χ3n) is 2.55. The van der Waals surface area contributed by atoms with Gasteiger partial charge >= 0.3 is 0 Å². The quantitative estimate of drug-likeness (QED) is 0.624. The van der Waals surface area contributed by atoms with E-state index in [1.54, 1.807) is 6.20 Å². The molecule has 0 bridgehead atoms. The molecule has 0 aromatic carbocycles. The summed E-state index contributed by atoms with van der Waals surface area (Å²) in [4.78, 5) is 0. The SMILES string of the molecule is C=CNCCN1CCC(C)N1C. The van der Waals surface area contributed by atoms with Gasteiger partial charge in [-0.15, -0.1) is 0 Å². The van der Waals surface area contributed by atoms with Gasteiger partial charge in [-0.25, -0.2) is 10.0 Å². The van der Waals surface area contributed by atoms with E-state index in [-0.39, 0.29) is 0 Å². The molecule has 0 aromatic rings. The molecule has 12 heavy (non-hydrogen) atoms. The Morgan fingerprint density at radius 1 is 1.67 bits per heavy atom. The van der Waals surface area contributed by atoms with Gasteiger partial charge in [-0.1, -0.05) is 6.58 Å². The van der Waals surface area contributed by atoms with E-state index in [1.807, 2.05) is 0 Å². The van der Waals surface area contributed by atoms with Crippen molar-refractivity contribution in [2.75, 3.05) is 26.7 Å². The van der Waals surface area contributed by atoms with Gasteiger partial charge in [0.25, 0.3) is 0 Å². The van der Waals surface area contributed by atoms with Crippen molar-refractivity contribution in [3.8, 4) is 0 Å². The molecule has 1 atom stereocenters. The Labute approximate surface area is 75.0 Å². The van der Waals surface area contributed by atoms with Crippen LogP contribution in [0.1, 0.15) is 13.3 Å². The lowest BCUT2D eigenvalue weighted by Crippen LogP contribution is -2.39. The van der Waals surface area contributed by atoms with Crippen molar-refractivity contribution >= 4 is 0 Å². The predicted octanol–water partition coefficient (Wildman–Crippen LogP) is 0.661. The Morgan fingerprint density at radius 2 is 2.42 bits per heavy atom. The molecule has 70 valence electrons. The Morgan fingerprint density at radius 3 is 2.92 bits per heavy atom. The van der Waals surface area contributed by atoms with Crippen LogP contribution in [-0.2, 0) is 0 Å². The summed E-state index contributed by atoms with van der Waals surface area (Å²) in [6.45, 7) is 9.13. The van der Waals surface area contributed by atoms with E-state index in [1.165, 1.54) is 13.0 Å². The topological polar surface area (TPSA) is 18.5 Å². The van der Waals surface area contributed by atoms with E-state index >= 15 is 0 Å². The molecule has 1 aliphatic rings. The van der Waals surface area contributed by atoms with E-state index in [9.17, 15) is 0 Å². The average molecular weight is 169 g/mol. The molecule has 1 saturated heterocycles. The van der Waals surface area contributed by atoms with Crippen LogP contribution in [-0.4, -0.2) is 42.7 Å². The summed E-state index contributed by atoms with van der Waals surface area (Å²) in [5.74, 6) is 0. The molecule has 1 fully saturated rings. The highest BCUT2D eigenvalue weighted by molar-refractivity contribution is 4.73. The Balaban J connectivity index is 2.20. The van der Waals surface area contributed by atoms with Crippen LogP contribution >= 0.6 is 0 Å². The van der Waals surface area contributed by atoms with Gasteiger partial charge in [-0.2, -0.15) is 0 Å². The van der Waals surface area contributed by atoms with Crippen molar-refractivity contribution < 1.29 is 0 Å². The highest BCUT2D eigenvalue weighted by Crippen LogP contribution is 2.14. The average Bonchev–Trinajstić information content (AvgIpc) is 2.36. The maximum Gasteiger partial charge on any atom is 0.0306 e. The monoisotopic (exact) mass is 169 g/mol. The Hall–Kier alpha value is -0.540. The van der Waals surface area contributed by atoms with E-state index in [0.29, 0.717) is 6.04 Å². The second-order valence-corrected chi connectivity index (χ2v) is 3.32. The molecule has 0 saturated carbocycles. The second kappa shape index (κ2) is 4.48. The van der Waals surface area contributed by atoms with Gasteiger partial charge in [0.2, 0.25) is 0 Å². The van der Waals surface area contributed by atoms with Gasteiger partial charge < -0.3 is 5.32 Å². The maximum atomic E-state index is 3.62. The second-order valence-electron chi connectivity index (χ2n) is 3.32. The minimum atomic E-state index is 0.703. The minimum absolute atomic E-state index is 0.703. The van der Waals surface area contributed by atoms with Crippen molar-refractivity contribution in [1.82, 2.24) is 15.3 Å². The fraction of sp³-hybridized carbons (Fsp3) is 0.778. The standard InChI is InChI=1S/C9H19N3/c1-4-10-6-8-12-7-5-9(2)11(12)3/h4,9-10H,1,5-8H2,2-3H3. The Kier molecular flexibility index (Phi) is 3.56. The third-order valence-corrected chi connectivity index (χ3v) is 2.55. The molecule has 1 heterocycles. The molecule has 0 spiro atoms. The van der Waals surface area contributed by atoms with Crippen molar-refractivity contribution in [2.24, 2.45) is 0 Å². The molecule has 1 N–H and O–H groups in total. The molecule has 3 heteroatoms. The third kappa shape index (κ3) is 2.22. The summed E-state index contributed by atoms with van der Waals surface area (Å²) in [6.07, 6.45) is 3.03. The number of nitrogens with one attached hydrogen (secondary N) is 1. The lowest BCUT2D eigenvalue weighted by atomic mass is 10.3. The van der Waals surface area contributed by atoms with Crippen LogP contribution in [0.5, 0.6) is 0 Å². The van der Waals surface area contributed by atoms with Crippen LogP contribution in [0.4, 0.5) is 0 Å². The molecule has 0 radical (unpaired) electrons. The molecule has 1 unspecified atom stereocenters. The van der Waals surface area contributed by atoms with Gasteiger partial charge in [0.05, 0.1) is 0 Å². The van der Waals surface area contributed by atoms with E-state index in [0.717, 1.165) is 13.1 Å². The number of rotatable bonds is 4. The zero-order chi connectivity index (χ0) is 8.97. The molecular weight excluding hydrogens is 150 g/mol. The van der Waals surface area contributed by atoms with Crippen molar-refractivity contribution in [1.29, 1.82) is 0 Å². The number of hydrogen-bond acceptors (Lipinski definition) is 3. The van der Waals surface area contributed by atoms with Crippen LogP contribution in [0.15, 0.2) is 12.8 Å².